The summed E-state index contributed by atoms with van der Waals surface area (Å²) < 4.78 is 46.4. The summed E-state index contributed by atoms with van der Waals surface area (Å²) in [4.78, 5) is 28.7. The number of nitrogens with zero attached hydrogens (tertiary/aromatic N) is 3. The van der Waals surface area contributed by atoms with Crippen molar-refractivity contribution in [1.82, 2.24) is 19.4 Å². The van der Waals surface area contributed by atoms with E-state index in [2.05, 4.69) is 5.32 Å². The predicted molar refractivity (Wildman–Crippen MR) is 106 cm³/mol. The quantitative estimate of drug-likeness (QED) is 0.730. The van der Waals surface area contributed by atoms with E-state index in [1.165, 1.54) is 15.9 Å². The minimum atomic E-state index is -4.69. The molecule has 0 aliphatic carbocycles. The Hall–Kier alpha value is -2.34. The summed E-state index contributed by atoms with van der Waals surface area (Å²) in [6.45, 7) is 2.30. The number of fused-ring (bicyclic) bond motifs is 1. The number of guanidine groups is 1. The topological polar surface area (TPSA) is 92.4 Å². The van der Waals surface area contributed by atoms with Crippen LogP contribution in [0.1, 0.15) is 23.3 Å². The van der Waals surface area contributed by atoms with E-state index in [9.17, 15) is 22.8 Å². The maximum absolute atomic E-state index is 13.1. The fourth-order valence-corrected chi connectivity index (χ4v) is 5.24. The van der Waals surface area contributed by atoms with Gasteiger partial charge in [-0.25, -0.2) is 4.79 Å². The van der Waals surface area contributed by atoms with E-state index in [4.69, 9.17) is 10.1 Å². The number of hydrogen-bond acceptors (Lipinski definition) is 5. The molecular weight excluding hydrogens is 423 g/mol. The Morgan fingerprint density at radius 3 is 2.67 bits per heavy atom. The van der Waals surface area contributed by atoms with Crippen molar-refractivity contribution in [1.29, 1.82) is 5.41 Å². The van der Waals surface area contributed by atoms with Gasteiger partial charge in [0.1, 0.15) is 11.4 Å². The number of nitrogens with one attached hydrogen (secondary N) is 2. The summed E-state index contributed by atoms with van der Waals surface area (Å²) in [5.74, 6) is 0.262. The van der Waals surface area contributed by atoms with Crippen LogP contribution in [0.5, 0.6) is 0 Å². The van der Waals surface area contributed by atoms with Crippen molar-refractivity contribution in [3.63, 3.8) is 0 Å². The summed E-state index contributed by atoms with van der Waals surface area (Å²) in [5.41, 5.74) is -1.34. The molecular formula is C18H22F3N5O3S. The first kappa shape index (κ1) is 20.9. The molecule has 2 aromatic rings. The Kier molecular flexibility index (Phi) is 5.39. The van der Waals surface area contributed by atoms with Crippen LogP contribution in [0.2, 0.25) is 0 Å². The van der Waals surface area contributed by atoms with Crippen molar-refractivity contribution in [3.05, 3.63) is 31.3 Å². The van der Waals surface area contributed by atoms with Gasteiger partial charge in [0.2, 0.25) is 0 Å². The lowest BCUT2D eigenvalue weighted by Gasteiger charge is -2.16. The second-order valence-corrected chi connectivity index (χ2v) is 8.65. The van der Waals surface area contributed by atoms with Gasteiger partial charge in [0.25, 0.3) is 5.56 Å². The molecule has 2 saturated heterocycles. The van der Waals surface area contributed by atoms with Gasteiger partial charge in [-0.3, -0.25) is 19.3 Å². The van der Waals surface area contributed by atoms with Crippen LogP contribution in [0.25, 0.3) is 10.2 Å². The van der Waals surface area contributed by atoms with Crippen molar-refractivity contribution < 1.29 is 17.9 Å². The molecule has 0 aromatic carbocycles. The first-order valence-electron chi connectivity index (χ1n) is 9.67. The van der Waals surface area contributed by atoms with Crippen LogP contribution in [0, 0.1) is 12.3 Å². The van der Waals surface area contributed by atoms with Gasteiger partial charge in [-0.05, 0) is 25.3 Å². The molecule has 0 bridgehead atoms. The third-order valence-corrected chi connectivity index (χ3v) is 6.76. The maximum atomic E-state index is 13.1. The molecule has 2 aliphatic rings. The molecule has 164 valence electrons. The highest BCUT2D eigenvalue weighted by Crippen LogP contribution is 2.30. The highest BCUT2D eigenvalue weighted by atomic mass is 32.1. The van der Waals surface area contributed by atoms with Crippen LogP contribution in [0.15, 0.2) is 9.59 Å². The number of thiophene rings is 1. The van der Waals surface area contributed by atoms with Gasteiger partial charge >= 0.3 is 11.9 Å². The van der Waals surface area contributed by atoms with Gasteiger partial charge in [0.05, 0.1) is 24.6 Å². The lowest BCUT2D eigenvalue weighted by molar-refractivity contribution is -0.141. The Balaban J connectivity index is 1.87. The third kappa shape index (κ3) is 3.85. The molecule has 0 amide bonds. The lowest BCUT2D eigenvalue weighted by Crippen LogP contribution is -2.44. The van der Waals surface area contributed by atoms with Gasteiger partial charge in [0.15, 0.2) is 5.96 Å². The average molecular weight is 445 g/mol. The molecule has 30 heavy (non-hydrogen) atoms. The predicted octanol–water partition coefficient (Wildman–Crippen LogP) is 1.61. The number of aromatic nitrogens is 2. The third-order valence-electron chi connectivity index (χ3n) is 5.47. The molecule has 1 atom stereocenters. The van der Waals surface area contributed by atoms with Gasteiger partial charge < -0.3 is 15.0 Å². The second kappa shape index (κ2) is 7.73. The van der Waals surface area contributed by atoms with Crippen LogP contribution in [0.4, 0.5) is 13.2 Å². The van der Waals surface area contributed by atoms with Crippen LogP contribution in [0.3, 0.4) is 0 Å². The molecule has 4 rings (SSSR count). The molecule has 2 aliphatic heterocycles. The molecule has 2 aromatic heterocycles. The Bertz CT molecular complexity index is 1100. The first-order valence-corrected chi connectivity index (χ1v) is 10.5. The van der Waals surface area contributed by atoms with Crippen molar-refractivity contribution >= 4 is 27.5 Å². The average Bonchev–Trinajstić information content (AvgIpc) is 3.38. The maximum Gasteiger partial charge on any atom is 0.406 e. The molecule has 2 N–H and O–H groups in total. The number of halogens is 3. The first-order chi connectivity index (χ1) is 14.2. The van der Waals surface area contributed by atoms with Gasteiger partial charge in [-0.2, -0.15) is 13.2 Å². The normalized spacial score (nSPS) is 19.8. The highest BCUT2D eigenvalue weighted by Gasteiger charge is 2.32. The number of hydrogen-bond donors (Lipinski definition) is 2. The van der Waals surface area contributed by atoms with Crippen LogP contribution in [-0.4, -0.2) is 52.0 Å². The number of rotatable bonds is 5. The van der Waals surface area contributed by atoms with Crippen molar-refractivity contribution in [2.75, 3.05) is 19.7 Å². The van der Waals surface area contributed by atoms with E-state index < -0.39 is 24.0 Å². The molecule has 12 heteroatoms. The minimum absolute atomic E-state index is 0.105. The Morgan fingerprint density at radius 1 is 1.30 bits per heavy atom. The van der Waals surface area contributed by atoms with Crippen LogP contribution < -0.4 is 16.6 Å². The molecule has 8 nitrogen and oxygen atoms in total. The molecule has 2 fully saturated rings. The molecule has 0 saturated carbocycles. The summed E-state index contributed by atoms with van der Waals surface area (Å²) in [6.07, 6.45) is -3.44. The van der Waals surface area contributed by atoms with E-state index in [0.29, 0.717) is 43.1 Å². The van der Waals surface area contributed by atoms with Gasteiger partial charge in [-0.1, -0.05) is 0 Å². The second-order valence-electron chi connectivity index (χ2n) is 7.56. The summed E-state index contributed by atoms with van der Waals surface area (Å²) in [5, 5.41) is 11.0. The van der Waals surface area contributed by atoms with E-state index >= 15 is 0 Å². The monoisotopic (exact) mass is 445 g/mol. The van der Waals surface area contributed by atoms with E-state index in [1.54, 1.807) is 11.8 Å². The van der Waals surface area contributed by atoms with E-state index in [-0.39, 0.29) is 28.6 Å². The van der Waals surface area contributed by atoms with Crippen LogP contribution in [-0.2, 0) is 24.4 Å². The van der Waals surface area contributed by atoms with E-state index in [1.807, 2.05) is 0 Å². The van der Waals surface area contributed by atoms with Gasteiger partial charge in [0, 0.05) is 24.6 Å². The van der Waals surface area contributed by atoms with Crippen molar-refractivity contribution in [2.24, 2.45) is 0 Å². The fourth-order valence-electron chi connectivity index (χ4n) is 3.93. The van der Waals surface area contributed by atoms with Crippen LogP contribution >= 0.6 is 11.3 Å². The zero-order valence-electron chi connectivity index (χ0n) is 16.3. The SMILES string of the molecule is Cc1c(CN2CCNC2=N)sc2c1c(=O)n(CC(F)(F)F)c(=O)n2CC1CCCO1. The van der Waals surface area contributed by atoms with Crippen molar-refractivity contribution in [2.45, 2.75) is 51.7 Å². The Labute approximate surface area is 173 Å². The summed E-state index contributed by atoms with van der Waals surface area (Å²) in [6, 6.07) is 0. The van der Waals surface area contributed by atoms with Gasteiger partial charge in [-0.15, -0.1) is 11.3 Å². The Morgan fingerprint density at radius 2 is 2.07 bits per heavy atom. The van der Waals surface area contributed by atoms with Crippen molar-refractivity contribution in [3.8, 4) is 0 Å². The summed E-state index contributed by atoms with van der Waals surface area (Å²) in [7, 11) is 0. The standard InChI is InChI=1S/C18H22F3N5O3S/c1-10-12(8-24-5-4-23-16(24)22)30-15-13(10)14(27)26(9-18(19,20)21)17(28)25(15)7-11-3-2-6-29-11/h11H,2-9H2,1H3,(H2,22,23). The minimum Gasteiger partial charge on any atom is -0.376 e. The number of ether oxygens (including phenoxy) is 1. The number of aryl methyl sites for hydroxylation is 1. The highest BCUT2D eigenvalue weighted by molar-refractivity contribution is 7.18. The summed E-state index contributed by atoms with van der Waals surface area (Å²) >= 11 is 1.22. The zero-order valence-corrected chi connectivity index (χ0v) is 17.2. The molecule has 1 unspecified atom stereocenters. The molecule has 0 spiro atoms. The molecule has 4 heterocycles. The number of alkyl halides is 3. The molecule has 0 radical (unpaired) electrons. The smallest absolute Gasteiger partial charge is 0.376 e. The van der Waals surface area contributed by atoms with E-state index in [0.717, 1.165) is 11.3 Å². The lowest BCUT2D eigenvalue weighted by atomic mass is 10.2. The largest absolute Gasteiger partial charge is 0.406 e. The zero-order chi connectivity index (χ0) is 21.6. The fraction of sp³-hybridized carbons (Fsp3) is 0.611.